The number of aromatic nitrogens is 2. The number of amides is 1. The fourth-order valence-electron chi connectivity index (χ4n) is 3.78. The van der Waals surface area contributed by atoms with Crippen molar-refractivity contribution >= 4 is 11.9 Å². The maximum Gasteiger partial charge on any atom is 0.310 e. The van der Waals surface area contributed by atoms with Crippen molar-refractivity contribution in [2.45, 2.75) is 39.0 Å². The molecule has 25 heavy (non-hydrogen) atoms. The van der Waals surface area contributed by atoms with Crippen LogP contribution in [0.1, 0.15) is 37.4 Å². The van der Waals surface area contributed by atoms with Gasteiger partial charge in [0.05, 0.1) is 18.2 Å². The number of rotatable bonds is 3. The van der Waals surface area contributed by atoms with Gasteiger partial charge < -0.3 is 9.64 Å². The average molecular weight is 347 g/mol. The maximum absolute atomic E-state index is 12.9. The Labute approximate surface area is 147 Å². The number of ether oxygens (including phenoxy) is 1. The van der Waals surface area contributed by atoms with Crippen molar-refractivity contribution in [3.8, 4) is 0 Å². The third-order valence-corrected chi connectivity index (χ3v) is 5.16. The lowest BCUT2D eigenvalue weighted by molar-refractivity contribution is -0.152. The fraction of sp³-hybridized carbons (Fsp3) is 0.667. The third-order valence-electron chi connectivity index (χ3n) is 5.16. The number of piperidine rings is 1. The van der Waals surface area contributed by atoms with Crippen LogP contribution in [-0.4, -0.2) is 46.3 Å². The first-order valence-corrected chi connectivity index (χ1v) is 9.01. The summed E-state index contributed by atoms with van der Waals surface area (Å²) in [7, 11) is 1.64. The first-order chi connectivity index (χ1) is 12.0. The van der Waals surface area contributed by atoms with Crippen LogP contribution in [0.5, 0.6) is 0 Å². The van der Waals surface area contributed by atoms with Gasteiger partial charge in [-0.25, -0.2) is 4.68 Å². The first kappa shape index (κ1) is 17.6. The van der Waals surface area contributed by atoms with Crippen molar-refractivity contribution in [1.82, 2.24) is 14.7 Å². The zero-order chi connectivity index (χ0) is 18.0. The van der Waals surface area contributed by atoms with Gasteiger partial charge >= 0.3 is 5.97 Å². The number of nitrogens with zero attached hydrogens (tertiary/aromatic N) is 3. The van der Waals surface area contributed by atoms with Gasteiger partial charge in [-0.05, 0) is 44.6 Å². The largest absolute Gasteiger partial charge is 0.466 e. The second kappa shape index (κ2) is 7.37. The van der Waals surface area contributed by atoms with Gasteiger partial charge in [-0.15, -0.1) is 0 Å². The Balaban J connectivity index is 1.68. The molecule has 0 spiro atoms. The van der Waals surface area contributed by atoms with E-state index >= 15 is 0 Å². The van der Waals surface area contributed by atoms with E-state index < -0.39 is 0 Å². The van der Waals surface area contributed by atoms with E-state index in [4.69, 9.17) is 4.74 Å². The summed E-state index contributed by atoms with van der Waals surface area (Å²) in [5.41, 5.74) is 1.65. The number of likely N-dealkylation sites (tertiary alicyclic amines) is 1. The van der Waals surface area contributed by atoms with Gasteiger partial charge in [-0.3, -0.25) is 14.4 Å². The SMILES string of the molecule is CCOC(=O)[C@H]1CCCN(C(=O)[C@@H]2CCc3nn(C)c(=O)cc3C2)C1. The predicted octanol–water partition coefficient (Wildman–Crippen LogP) is 0.687. The number of hydrogen-bond acceptors (Lipinski definition) is 5. The highest BCUT2D eigenvalue weighted by Gasteiger charge is 2.34. The summed E-state index contributed by atoms with van der Waals surface area (Å²) in [6, 6.07) is 1.60. The van der Waals surface area contributed by atoms with E-state index in [1.165, 1.54) is 4.68 Å². The number of hydrogen-bond donors (Lipinski definition) is 0. The second-order valence-electron chi connectivity index (χ2n) is 6.89. The molecule has 2 atom stereocenters. The molecule has 3 rings (SSSR count). The zero-order valence-electron chi connectivity index (χ0n) is 14.9. The normalized spacial score (nSPS) is 23.0. The fourth-order valence-corrected chi connectivity index (χ4v) is 3.78. The van der Waals surface area contributed by atoms with Gasteiger partial charge in [0, 0.05) is 32.1 Å². The molecular formula is C18H25N3O4. The number of aryl methyl sites for hydroxylation is 2. The Bertz CT molecular complexity index is 728. The molecule has 1 fully saturated rings. The van der Waals surface area contributed by atoms with E-state index in [9.17, 15) is 14.4 Å². The van der Waals surface area contributed by atoms with Crippen LogP contribution in [0.4, 0.5) is 0 Å². The number of fused-ring (bicyclic) bond motifs is 1. The Kier molecular flexibility index (Phi) is 5.20. The molecule has 0 unspecified atom stereocenters. The van der Waals surface area contributed by atoms with Gasteiger partial charge in [0.25, 0.3) is 5.56 Å². The van der Waals surface area contributed by atoms with Crippen LogP contribution >= 0.6 is 0 Å². The summed E-state index contributed by atoms with van der Waals surface area (Å²) < 4.78 is 6.45. The monoisotopic (exact) mass is 347 g/mol. The average Bonchev–Trinajstić information content (AvgIpc) is 2.62. The zero-order valence-corrected chi connectivity index (χ0v) is 14.9. The molecule has 7 nitrogen and oxygen atoms in total. The van der Waals surface area contributed by atoms with Crippen LogP contribution < -0.4 is 5.56 Å². The molecule has 1 aromatic rings. The molecule has 7 heteroatoms. The van der Waals surface area contributed by atoms with E-state index in [-0.39, 0.29) is 29.3 Å². The Morgan fingerprint density at radius 2 is 2.12 bits per heavy atom. The summed E-state index contributed by atoms with van der Waals surface area (Å²) in [6.45, 7) is 3.29. The molecule has 136 valence electrons. The molecule has 1 aliphatic carbocycles. The highest BCUT2D eigenvalue weighted by atomic mass is 16.5. The summed E-state index contributed by atoms with van der Waals surface area (Å²) in [5.74, 6) is -0.480. The van der Waals surface area contributed by atoms with Gasteiger partial charge in [-0.2, -0.15) is 5.10 Å². The van der Waals surface area contributed by atoms with Gasteiger partial charge in [0.1, 0.15) is 0 Å². The lowest BCUT2D eigenvalue weighted by atomic mass is 9.85. The van der Waals surface area contributed by atoms with E-state index in [0.717, 1.165) is 30.5 Å². The van der Waals surface area contributed by atoms with Gasteiger partial charge in [0.2, 0.25) is 5.91 Å². The van der Waals surface area contributed by atoms with E-state index in [2.05, 4.69) is 5.10 Å². The van der Waals surface area contributed by atoms with Gasteiger partial charge in [-0.1, -0.05) is 0 Å². The van der Waals surface area contributed by atoms with Crippen LogP contribution in [0, 0.1) is 11.8 Å². The lowest BCUT2D eigenvalue weighted by Crippen LogP contribution is -2.46. The van der Waals surface area contributed by atoms with Crippen LogP contribution in [0.2, 0.25) is 0 Å². The van der Waals surface area contributed by atoms with Crippen molar-refractivity contribution in [2.24, 2.45) is 18.9 Å². The standard InChI is InChI=1S/C18H25N3O4/c1-3-25-18(24)13-5-4-8-21(11-13)17(23)12-6-7-15-14(9-12)10-16(22)20(2)19-15/h10,12-13H,3-9,11H2,1-2H3/t12-,13+/m1/s1. The molecule has 1 amide bonds. The summed E-state index contributed by atoms with van der Waals surface area (Å²) >= 11 is 0. The molecule has 0 saturated carbocycles. The van der Waals surface area contributed by atoms with Crippen LogP contribution in [0.15, 0.2) is 10.9 Å². The molecule has 0 aromatic carbocycles. The van der Waals surface area contributed by atoms with Crippen LogP contribution in [0.3, 0.4) is 0 Å². The highest BCUT2D eigenvalue weighted by molar-refractivity contribution is 5.81. The first-order valence-electron chi connectivity index (χ1n) is 9.01. The topological polar surface area (TPSA) is 81.5 Å². The van der Waals surface area contributed by atoms with Crippen LogP contribution in [0.25, 0.3) is 0 Å². The second-order valence-corrected chi connectivity index (χ2v) is 6.89. The number of esters is 1. The van der Waals surface area contributed by atoms with Crippen molar-refractivity contribution in [3.05, 3.63) is 27.7 Å². The molecular weight excluding hydrogens is 322 g/mol. The van der Waals surface area contributed by atoms with E-state index in [0.29, 0.717) is 32.5 Å². The molecule has 1 saturated heterocycles. The molecule has 1 aliphatic heterocycles. The molecule has 2 aliphatic rings. The predicted molar refractivity (Wildman–Crippen MR) is 90.9 cm³/mol. The minimum Gasteiger partial charge on any atom is -0.466 e. The Morgan fingerprint density at radius 1 is 1.32 bits per heavy atom. The minimum atomic E-state index is -0.220. The molecule has 0 N–H and O–H groups in total. The van der Waals surface area contributed by atoms with Crippen molar-refractivity contribution in [2.75, 3.05) is 19.7 Å². The van der Waals surface area contributed by atoms with Crippen molar-refractivity contribution in [1.29, 1.82) is 0 Å². The highest BCUT2D eigenvalue weighted by Crippen LogP contribution is 2.27. The Hall–Kier alpha value is -2.18. The molecule has 0 radical (unpaired) electrons. The van der Waals surface area contributed by atoms with E-state index in [1.54, 1.807) is 24.9 Å². The molecule has 0 bridgehead atoms. The maximum atomic E-state index is 12.9. The van der Waals surface area contributed by atoms with Crippen LogP contribution in [-0.2, 0) is 34.2 Å². The number of carbonyl (C=O) groups is 2. The Morgan fingerprint density at radius 3 is 2.88 bits per heavy atom. The summed E-state index contributed by atoms with van der Waals surface area (Å²) in [6.07, 6.45) is 3.58. The van der Waals surface area contributed by atoms with Crippen molar-refractivity contribution < 1.29 is 14.3 Å². The van der Waals surface area contributed by atoms with Crippen molar-refractivity contribution in [3.63, 3.8) is 0 Å². The summed E-state index contributed by atoms with van der Waals surface area (Å²) in [5, 5.41) is 4.29. The molecule has 2 heterocycles. The lowest BCUT2D eigenvalue weighted by Gasteiger charge is -2.35. The van der Waals surface area contributed by atoms with E-state index in [1.807, 2.05) is 0 Å². The quantitative estimate of drug-likeness (QED) is 0.752. The third kappa shape index (κ3) is 3.75. The number of carbonyl (C=O) groups excluding carboxylic acids is 2. The molecule has 1 aromatic heterocycles. The minimum absolute atomic E-state index is 0.0836. The summed E-state index contributed by atoms with van der Waals surface area (Å²) in [4.78, 5) is 38.5. The smallest absolute Gasteiger partial charge is 0.310 e. The van der Waals surface area contributed by atoms with Gasteiger partial charge in [0.15, 0.2) is 0 Å².